The minimum Gasteiger partial charge on any atom is -0.465 e. The van der Waals surface area contributed by atoms with E-state index in [1.54, 1.807) is 13.0 Å². The number of aryl methyl sites for hydroxylation is 1. The molecule has 2 aromatic heterocycles. The van der Waals surface area contributed by atoms with Gasteiger partial charge in [-0.25, -0.2) is 9.78 Å². The molecule has 0 radical (unpaired) electrons. The van der Waals surface area contributed by atoms with Crippen molar-refractivity contribution in [3.8, 4) is 16.9 Å². The second-order valence-corrected chi connectivity index (χ2v) is 4.63. The van der Waals surface area contributed by atoms with Crippen molar-refractivity contribution in [2.75, 3.05) is 7.11 Å². The Morgan fingerprint density at radius 2 is 1.95 bits per heavy atom. The van der Waals surface area contributed by atoms with E-state index >= 15 is 0 Å². The van der Waals surface area contributed by atoms with Crippen LogP contribution in [0, 0.1) is 6.92 Å². The van der Waals surface area contributed by atoms with Crippen molar-refractivity contribution < 1.29 is 23.0 Å². The normalized spacial score (nSPS) is 10.6. The summed E-state index contributed by atoms with van der Waals surface area (Å²) in [5.74, 6) is -0.853. The quantitative estimate of drug-likeness (QED) is 0.635. The van der Waals surface area contributed by atoms with E-state index in [9.17, 15) is 13.6 Å². The van der Waals surface area contributed by atoms with Crippen LogP contribution in [0.15, 0.2) is 24.5 Å². The summed E-state index contributed by atoms with van der Waals surface area (Å²) in [6.45, 7) is -1.34. The molecule has 0 spiro atoms. The highest BCUT2D eigenvalue weighted by atomic mass is 35.5. The fourth-order valence-electron chi connectivity index (χ4n) is 1.87. The largest absolute Gasteiger partial charge is 0.465 e. The first-order chi connectivity index (χ1) is 10.4. The standard InChI is InChI=1S/C14H11ClF2N2O3/c1-7-3-8(10(5-18-7)13(20)21-2)9-4-12(15)19-6-11(9)22-14(16)17/h3-6,14H,1-2H3. The van der Waals surface area contributed by atoms with Crippen LogP contribution in [0.1, 0.15) is 16.1 Å². The molecule has 0 atom stereocenters. The summed E-state index contributed by atoms with van der Waals surface area (Å²) >= 11 is 5.82. The number of ether oxygens (including phenoxy) is 2. The highest BCUT2D eigenvalue weighted by Gasteiger charge is 2.20. The van der Waals surface area contributed by atoms with Crippen LogP contribution in [0.2, 0.25) is 5.15 Å². The lowest BCUT2D eigenvalue weighted by molar-refractivity contribution is -0.0496. The molecule has 22 heavy (non-hydrogen) atoms. The molecule has 0 saturated carbocycles. The predicted molar refractivity (Wildman–Crippen MR) is 75.2 cm³/mol. The first kappa shape index (κ1) is 16.1. The highest BCUT2D eigenvalue weighted by molar-refractivity contribution is 6.29. The molecule has 116 valence electrons. The number of nitrogens with zero attached hydrogens (tertiary/aromatic N) is 2. The van der Waals surface area contributed by atoms with E-state index in [1.165, 1.54) is 19.4 Å². The number of pyridine rings is 2. The molecule has 0 aliphatic carbocycles. The van der Waals surface area contributed by atoms with Gasteiger partial charge in [0, 0.05) is 23.0 Å². The Kier molecular flexibility index (Phi) is 4.87. The molecule has 2 heterocycles. The van der Waals surface area contributed by atoms with E-state index in [2.05, 4.69) is 19.4 Å². The van der Waals surface area contributed by atoms with Crippen LogP contribution in [0.3, 0.4) is 0 Å². The summed E-state index contributed by atoms with van der Waals surface area (Å²) in [5.41, 5.74) is 1.21. The van der Waals surface area contributed by atoms with E-state index in [0.29, 0.717) is 11.3 Å². The smallest absolute Gasteiger partial charge is 0.387 e. The average molecular weight is 329 g/mol. The summed E-state index contributed by atoms with van der Waals surface area (Å²) in [7, 11) is 1.21. The van der Waals surface area contributed by atoms with Crippen LogP contribution in [-0.4, -0.2) is 29.7 Å². The Hall–Kier alpha value is -2.28. The van der Waals surface area contributed by atoms with E-state index in [4.69, 9.17) is 11.6 Å². The minimum atomic E-state index is -3.04. The zero-order chi connectivity index (χ0) is 16.3. The van der Waals surface area contributed by atoms with E-state index in [-0.39, 0.29) is 22.0 Å². The van der Waals surface area contributed by atoms with Crippen molar-refractivity contribution in [2.24, 2.45) is 0 Å². The first-order valence-electron chi connectivity index (χ1n) is 6.08. The van der Waals surface area contributed by atoms with Crippen LogP contribution in [0.5, 0.6) is 5.75 Å². The second-order valence-electron chi connectivity index (χ2n) is 4.24. The van der Waals surface area contributed by atoms with Gasteiger partial charge < -0.3 is 9.47 Å². The highest BCUT2D eigenvalue weighted by Crippen LogP contribution is 2.34. The van der Waals surface area contributed by atoms with Crippen molar-refractivity contribution in [2.45, 2.75) is 13.5 Å². The molecule has 0 aliphatic heterocycles. The van der Waals surface area contributed by atoms with Gasteiger partial charge in [0.05, 0.1) is 18.9 Å². The Morgan fingerprint density at radius 1 is 1.23 bits per heavy atom. The van der Waals surface area contributed by atoms with Gasteiger partial charge in [-0.1, -0.05) is 11.6 Å². The Labute approximate surface area is 129 Å². The fraction of sp³-hybridized carbons (Fsp3) is 0.214. The molecular formula is C14H11ClF2N2O3. The summed E-state index contributed by atoms with van der Waals surface area (Å²) in [6.07, 6.45) is 2.37. The van der Waals surface area contributed by atoms with Crippen molar-refractivity contribution in [3.63, 3.8) is 0 Å². The van der Waals surface area contributed by atoms with Gasteiger partial charge in [-0.3, -0.25) is 4.98 Å². The molecule has 5 nitrogen and oxygen atoms in total. The monoisotopic (exact) mass is 328 g/mol. The van der Waals surface area contributed by atoms with Gasteiger partial charge >= 0.3 is 12.6 Å². The van der Waals surface area contributed by atoms with Crippen molar-refractivity contribution in [1.29, 1.82) is 0 Å². The summed E-state index contributed by atoms with van der Waals surface area (Å²) in [6, 6.07) is 2.89. The maximum Gasteiger partial charge on any atom is 0.387 e. The lowest BCUT2D eigenvalue weighted by Crippen LogP contribution is -2.08. The van der Waals surface area contributed by atoms with Crippen LogP contribution in [0.4, 0.5) is 8.78 Å². The summed E-state index contributed by atoms with van der Waals surface area (Å²) < 4.78 is 34.2. The zero-order valence-corrected chi connectivity index (χ0v) is 12.4. The molecular weight excluding hydrogens is 318 g/mol. The minimum absolute atomic E-state index is 0.0712. The lowest BCUT2D eigenvalue weighted by atomic mass is 10.0. The summed E-state index contributed by atoms with van der Waals surface area (Å²) in [5, 5.41) is 0.0712. The van der Waals surface area contributed by atoms with Crippen molar-refractivity contribution >= 4 is 17.6 Å². The molecule has 2 rings (SSSR count). The third-order valence-electron chi connectivity index (χ3n) is 2.79. The van der Waals surface area contributed by atoms with Gasteiger partial charge in [-0.05, 0) is 19.1 Å². The molecule has 2 aromatic rings. The average Bonchev–Trinajstić information content (AvgIpc) is 2.47. The zero-order valence-electron chi connectivity index (χ0n) is 11.6. The Bertz CT molecular complexity index is 710. The second kappa shape index (κ2) is 6.65. The van der Waals surface area contributed by atoms with Crippen molar-refractivity contribution in [1.82, 2.24) is 9.97 Å². The number of carbonyl (C=O) groups is 1. The topological polar surface area (TPSA) is 61.3 Å². The molecule has 0 amide bonds. The lowest BCUT2D eigenvalue weighted by Gasteiger charge is -2.13. The van der Waals surface area contributed by atoms with Crippen LogP contribution in [-0.2, 0) is 4.74 Å². The first-order valence-corrected chi connectivity index (χ1v) is 6.46. The van der Waals surface area contributed by atoms with Gasteiger partial charge in [0.15, 0.2) is 5.75 Å². The van der Waals surface area contributed by atoms with E-state index in [0.717, 1.165) is 6.20 Å². The molecule has 0 aromatic carbocycles. The number of alkyl halides is 2. The van der Waals surface area contributed by atoms with Crippen LogP contribution >= 0.6 is 11.6 Å². The van der Waals surface area contributed by atoms with Gasteiger partial charge in [-0.2, -0.15) is 8.78 Å². The number of rotatable bonds is 4. The SMILES string of the molecule is COC(=O)c1cnc(C)cc1-c1cc(Cl)ncc1OC(F)F. The fourth-order valence-corrected chi connectivity index (χ4v) is 2.03. The van der Waals surface area contributed by atoms with Gasteiger partial charge in [0.25, 0.3) is 0 Å². The Morgan fingerprint density at radius 3 is 2.59 bits per heavy atom. The molecule has 0 aliphatic rings. The van der Waals surface area contributed by atoms with Gasteiger partial charge in [-0.15, -0.1) is 0 Å². The number of aromatic nitrogens is 2. The molecule has 0 saturated heterocycles. The number of hydrogen-bond acceptors (Lipinski definition) is 5. The maximum absolute atomic E-state index is 12.5. The predicted octanol–water partition coefficient (Wildman–Crippen LogP) is 3.49. The number of hydrogen-bond donors (Lipinski definition) is 0. The number of halogens is 3. The third-order valence-corrected chi connectivity index (χ3v) is 2.99. The molecule has 0 fully saturated rings. The number of esters is 1. The van der Waals surface area contributed by atoms with Crippen LogP contribution < -0.4 is 4.74 Å². The number of methoxy groups -OCH3 is 1. The Balaban J connectivity index is 2.67. The summed E-state index contributed by atoms with van der Waals surface area (Å²) in [4.78, 5) is 19.6. The molecule has 0 N–H and O–H groups in total. The molecule has 8 heteroatoms. The van der Waals surface area contributed by atoms with Crippen molar-refractivity contribution in [3.05, 3.63) is 40.9 Å². The molecule has 0 unspecified atom stereocenters. The van der Waals surface area contributed by atoms with E-state index in [1.807, 2.05) is 0 Å². The van der Waals surface area contributed by atoms with Crippen LogP contribution in [0.25, 0.3) is 11.1 Å². The van der Waals surface area contributed by atoms with Gasteiger partial charge in [0.1, 0.15) is 5.15 Å². The molecule has 0 bridgehead atoms. The maximum atomic E-state index is 12.5. The number of carbonyl (C=O) groups excluding carboxylic acids is 1. The van der Waals surface area contributed by atoms with E-state index < -0.39 is 12.6 Å². The van der Waals surface area contributed by atoms with Gasteiger partial charge in [0.2, 0.25) is 0 Å². The third kappa shape index (κ3) is 3.48.